The maximum atomic E-state index is 9.74. The van der Waals surface area contributed by atoms with Gasteiger partial charge in [0, 0.05) is 36.4 Å². The molecule has 1 fully saturated rings. The number of likely N-dealkylation sites (tertiary alicyclic amines) is 1. The van der Waals surface area contributed by atoms with Gasteiger partial charge in [-0.1, -0.05) is 29.8 Å². The molecule has 7 nitrogen and oxygen atoms in total. The lowest BCUT2D eigenvalue weighted by Crippen LogP contribution is -2.35. The van der Waals surface area contributed by atoms with Crippen LogP contribution in [0.3, 0.4) is 0 Å². The van der Waals surface area contributed by atoms with Gasteiger partial charge >= 0.3 is 0 Å². The van der Waals surface area contributed by atoms with Gasteiger partial charge in [0.2, 0.25) is 0 Å². The van der Waals surface area contributed by atoms with Crippen molar-refractivity contribution in [1.29, 1.82) is 5.26 Å². The third kappa shape index (κ3) is 5.15. The number of nitrogens with one attached hydrogen (secondary N) is 1. The van der Waals surface area contributed by atoms with E-state index >= 15 is 0 Å². The first kappa shape index (κ1) is 23.7. The van der Waals surface area contributed by atoms with Gasteiger partial charge in [0.05, 0.1) is 27.5 Å². The highest BCUT2D eigenvalue weighted by Crippen LogP contribution is 2.37. The van der Waals surface area contributed by atoms with Crippen LogP contribution in [0.2, 0.25) is 5.02 Å². The first-order valence-electron chi connectivity index (χ1n) is 11.8. The number of nitrogens with two attached hydrogens (primary N) is 1. The van der Waals surface area contributed by atoms with E-state index in [0.29, 0.717) is 50.4 Å². The lowest BCUT2D eigenvalue weighted by atomic mass is 10.1. The molecule has 0 amide bonds. The number of piperidine rings is 1. The van der Waals surface area contributed by atoms with Crippen molar-refractivity contribution in [2.45, 2.75) is 18.9 Å². The van der Waals surface area contributed by atoms with Crippen molar-refractivity contribution in [3.05, 3.63) is 77.4 Å². The first-order chi connectivity index (χ1) is 17.5. The van der Waals surface area contributed by atoms with E-state index in [1.54, 1.807) is 18.3 Å². The van der Waals surface area contributed by atoms with Crippen molar-refractivity contribution in [3.8, 4) is 23.3 Å². The number of fused-ring (bicyclic) bond motifs is 1. The molecule has 1 aliphatic heterocycles. The van der Waals surface area contributed by atoms with E-state index in [-0.39, 0.29) is 6.10 Å². The molecule has 0 aliphatic carbocycles. The molecule has 0 atom stereocenters. The van der Waals surface area contributed by atoms with Crippen molar-refractivity contribution in [2.24, 2.45) is 0 Å². The van der Waals surface area contributed by atoms with Gasteiger partial charge in [-0.3, -0.25) is 4.98 Å². The second kappa shape index (κ2) is 10.3. The fourth-order valence-corrected chi connectivity index (χ4v) is 4.48. The molecule has 5 rings (SSSR count). The quantitative estimate of drug-likeness (QED) is 0.298. The third-order valence-electron chi connectivity index (χ3n) is 6.25. The minimum atomic E-state index is 0.121. The zero-order chi connectivity index (χ0) is 25.1. The number of pyridine rings is 1. The Morgan fingerprint density at radius 2 is 1.86 bits per heavy atom. The minimum absolute atomic E-state index is 0.121. The van der Waals surface area contributed by atoms with Gasteiger partial charge in [0.25, 0.3) is 0 Å². The lowest BCUT2D eigenvalue weighted by molar-refractivity contribution is 0.115. The van der Waals surface area contributed by atoms with Crippen molar-refractivity contribution < 1.29 is 9.47 Å². The fraction of sp³-hybridized carbons (Fsp3) is 0.214. The van der Waals surface area contributed by atoms with E-state index in [4.69, 9.17) is 26.8 Å². The molecule has 8 heteroatoms. The topological polar surface area (TPSA) is 96.4 Å². The Morgan fingerprint density at radius 3 is 2.58 bits per heavy atom. The Hall–Kier alpha value is -3.99. The summed E-state index contributed by atoms with van der Waals surface area (Å²) in [6, 6.07) is 20.7. The number of nitrogens with zero attached hydrogens (tertiary/aromatic N) is 3. The summed E-state index contributed by atoms with van der Waals surface area (Å²) in [5.41, 5.74) is 9.28. The molecular formula is C28H26ClN5O2. The van der Waals surface area contributed by atoms with Crippen LogP contribution in [-0.4, -0.2) is 36.1 Å². The summed E-state index contributed by atoms with van der Waals surface area (Å²) >= 11 is 6.50. The van der Waals surface area contributed by atoms with Crippen molar-refractivity contribution in [2.75, 3.05) is 31.2 Å². The molecular weight excluding hydrogens is 474 g/mol. The van der Waals surface area contributed by atoms with Crippen LogP contribution >= 0.6 is 11.6 Å². The third-order valence-corrected chi connectivity index (χ3v) is 6.55. The maximum absolute atomic E-state index is 9.74. The molecule has 0 spiro atoms. The predicted molar refractivity (Wildman–Crippen MR) is 143 cm³/mol. The fourth-order valence-electron chi connectivity index (χ4n) is 4.26. The van der Waals surface area contributed by atoms with Crippen LogP contribution in [0.15, 0.2) is 66.9 Å². The van der Waals surface area contributed by atoms with Crippen LogP contribution in [-0.2, 0) is 0 Å². The number of hydrogen-bond donors (Lipinski definition) is 2. The molecule has 1 aliphatic rings. The molecule has 182 valence electrons. The van der Waals surface area contributed by atoms with Gasteiger partial charge < -0.3 is 25.4 Å². The standard InChI is InChI=1S/C28H26ClN5O2/c1-34-11-9-21(10-12-34)36-27-15-25-22(14-24(27)31)28(18(16-30)17-32-25)33-19-7-8-26(23(29)13-19)35-20-5-3-2-4-6-20/h2-8,13-15,17,21H,9-12,31H2,1H3,(H,32,33). The van der Waals surface area contributed by atoms with Gasteiger partial charge in [0.1, 0.15) is 29.4 Å². The number of ether oxygens (including phenoxy) is 2. The summed E-state index contributed by atoms with van der Waals surface area (Å²) in [5, 5.41) is 14.2. The van der Waals surface area contributed by atoms with Gasteiger partial charge in [0.15, 0.2) is 0 Å². The lowest BCUT2D eigenvalue weighted by Gasteiger charge is -2.29. The van der Waals surface area contributed by atoms with E-state index in [1.165, 1.54) is 0 Å². The molecule has 2 heterocycles. The summed E-state index contributed by atoms with van der Waals surface area (Å²) in [7, 11) is 2.11. The van der Waals surface area contributed by atoms with Crippen LogP contribution < -0.4 is 20.5 Å². The van der Waals surface area contributed by atoms with E-state index in [0.717, 1.165) is 31.3 Å². The largest absolute Gasteiger partial charge is 0.488 e. The predicted octanol–water partition coefficient (Wildman–Crippen LogP) is 6.35. The van der Waals surface area contributed by atoms with Crippen LogP contribution in [0.1, 0.15) is 18.4 Å². The van der Waals surface area contributed by atoms with E-state index in [2.05, 4.69) is 28.3 Å². The average molecular weight is 500 g/mol. The van der Waals surface area contributed by atoms with Crippen LogP contribution in [0.5, 0.6) is 17.2 Å². The second-order valence-electron chi connectivity index (χ2n) is 8.87. The SMILES string of the molecule is CN1CCC(Oc2cc3ncc(C#N)c(Nc4ccc(Oc5ccccc5)c(Cl)c4)c3cc2N)CC1. The van der Waals surface area contributed by atoms with Gasteiger partial charge in [-0.15, -0.1) is 0 Å². The number of para-hydroxylation sites is 1. The highest BCUT2D eigenvalue weighted by atomic mass is 35.5. The summed E-state index contributed by atoms with van der Waals surface area (Å²) in [5.74, 6) is 1.85. The number of aromatic nitrogens is 1. The number of anilines is 3. The molecule has 3 N–H and O–H groups in total. The number of rotatable bonds is 6. The Bertz CT molecular complexity index is 1430. The summed E-state index contributed by atoms with van der Waals surface area (Å²) in [6.07, 6.45) is 3.57. The number of nitriles is 1. The molecule has 0 unspecified atom stereocenters. The van der Waals surface area contributed by atoms with Crippen molar-refractivity contribution >= 4 is 39.6 Å². The normalized spacial score (nSPS) is 14.4. The highest BCUT2D eigenvalue weighted by molar-refractivity contribution is 6.32. The Balaban J connectivity index is 1.42. The van der Waals surface area contributed by atoms with Crippen LogP contribution in [0.25, 0.3) is 10.9 Å². The molecule has 0 radical (unpaired) electrons. The molecule has 36 heavy (non-hydrogen) atoms. The molecule has 3 aromatic carbocycles. The molecule has 4 aromatic rings. The number of hydrogen-bond acceptors (Lipinski definition) is 7. The van der Waals surface area contributed by atoms with E-state index in [1.807, 2.05) is 48.5 Å². The molecule has 1 saturated heterocycles. The summed E-state index contributed by atoms with van der Waals surface area (Å²) in [6.45, 7) is 1.99. The van der Waals surface area contributed by atoms with Crippen LogP contribution in [0, 0.1) is 11.3 Å². The summed E-state index contributed by atoms with van der Waals surface area (Å²) < 4.78 is 12.1. The van der Waals surface area contributed by atoms with Crippen molar-refractivity contribution in [1.82, 2.24) is 9.88 Å². The Labute approximate surface area is 215 Å². The van der Waals surface area contributed by atoms with E-state index < -0.39 is 0 Å². The van der Waals surface area contributed by atoms with E-state index in [9.17, 15) is 5.26 Å². The van der Waals surface area contributed by atoms with Crippen molar-refractivity contribution in [3.63, 3.8) is 0 Å². The second-order valence-corrected chi connectivity index (χ2v) is 9.28. The molecule has 0 saturated carbocycles. The zero-order valence-corrected chi connectivity index (χ0v) is 20.6. The number of nitrogen functional groups attached to an aromatic ring is 1. The first-order valence-corrected chi connectivity index (χ1v) is 12.1. The van der Waals surface area contributed by atoms with Gasteiger partial charge in [-0.25, -0.2) is 0 Å². The molecule has 1 aromatic heterocycles. The van der Waals surface area contributed by atoms with Crippen LogP contribution in [0.4, 0.5) is 17.1 Å². The van der Waals surface area contributed by atoms with Gasteiger partial charge in [-0.2, -0.15) is 5.26 Å². The van der Waals surface area contributed by atoms with Gasteiger partial charge in [-0.05, 0) is 56.3 Å². The number of halogens is 1. The smallest absolute Gasteiger partial charge is 0.146 e. The minimum Gasteiger partial charge on any atom is -0.488 e. The highest BCUT2D eigenvalue weighted by Gasteiger charge is 2.20. The summed E-state index contributed by atoms with van der Waals surface area (Å²) in [4.78, 5) is 6.78. The monoisotopic (exact) mass is 499 g/mol. The molecule has 0 bridgehead atoms. The Kier molecular flexibility index (Phi) is 6.81. The number of benzene rings is 3. The Morgan fingerprint density at radius 1 is 1.08 bits per heavy atom. The average Bonchev–Trinajstić information content (AvgIpc) is 2.88. The maximum Gasteiger partial charge on any atom is 0.146 e. The zero-order valence-electron chi connectivity index (χ0n) is 19.9.